The third-order valence-corrected chi connectivity index (χ3v) is 6.00. The highest BCUT2D eigenvalue weighted by Crippen LogP contribution is 2.47. The summed E-state index contributed by atoms with van der Waals surface area (Å²) in [5, 5.41) is 2.30. The van der Waals surface area contributed by atoms with Crippen LogP contribution in [0, 0.1) is 11.8 Å². The van der Waals surface area contributed by atoms with Crippen molar-refractivity contribution in [2.24, 2.45) is 11.8 Å². The maximum atomic E-state index is 13.1. The van der Waals surface area contributed by atoms with Crippen molar-refractivity contribution in [2.45, 2.75) is 45.6 Å². The van der Waals surface area contributed by atoms with Gasteiger partial charge in [-0.25, -0.2) is 4.79 Å². The number of urea groups is 1. The molecule has 0 spiro atoms. The molecule has 158 valence electrons. The zero-order valence-electron chi connectivity index (χ0n) is 17.0. The Balaban J connectivity index is 1.64. The summed E-state index contributed by atoms with van der Waals surface area (Å²) in [7, 11) is 0. The van der Waals surface area contributed by atoms with E-state index in [1.54, 1.807) is 25.1 Å². The van der Waals surface area contributed by atoms with Crippen LogP contribution in [0.1, 0.15) is 45.1 Å². The van der Waals surface area contributed by atoms with Crippen LogP contribution in [0.25, 0.3) is 6.08 Å². The maximum Gasteiger partial charge on any atom is 0.331 e. The molecular formula is C22H24N2O6. The lowest BCUT2D eigenvalue weighted by Crippen LogP contribution is -2.58. The molecule has 8 nitrogen and oxygen atoms in total. The number of esters is 1. The number of nitrogens with zero attached hydrogens (tertiary/aromatic N) is 1. The first-order chi connectivity index (χ1) is 14.4. The highest BCUT2D eigenvalue weighted by Gasteiger charge is 2.49. The van der Waals surface area contributed by atoms with Gasteiger partial charge in [0.25, 0.3) is 11.8 Å². The number of imide groups is 2. The fourth-order valence-corrected chi connectivity index (χ4v) is 4.79. The topological polar surface area (TPSA) is 102 Å². The second-order valence-electron chi connectivity index (χ2n) is 7.97. The lowest BCUT2D eigenvalue weighted by molar-refractivity contribution is -0.133. The van der Waals surface area contributed by atoms with E-state index < -0.39 is 23.8 Å². The molecule has 1 N–H and O–H groups in total. The summed E-state index contributed by atoms with van der Waals surface area (Å²) in [5.41, 5.74) is 0.426. The predicted molar refractivity (Wildman–Crippen MR) is 107 cm³/mol. The Bertz CT molecular complexity index is 953. The number of carbonyl (C=O) groups is 4. The van der Waals surface area contributed by atoms with E-state index in [0.29, 0.717) is 29.8 Å². The van der Waals surface area contributed by atoms with Crippen LogP contribution in [0.15, 0.2) is 23.8 Å². The van der Waals surface area contributed by atoms with Crippen molar-refractivity contribution in [3.8, 4) is 11.5 Å². The van der Waals surface area contributed by atoms with E-state index in [1.165, 1.54) is 17.9 Å². The molecule has 1 heterocycles. The van der Waals surface area contributed by atoms with E-state index in [9.17, 15) is 19.2 Å². The Labute approximate surface area is 174 Å². The predicted octanol–water partition coefficient (Wildman–Crippen LogP) is 2.66. The van der Waals surface area contributed by atoms with Gasteiger partial charge in [0.15, 0.2) is 11.5 Å². The zero-order valence-corrected chi connectivity index (χ0v) is 17.0. The second kappa shape index (κ2) is 7.93. The third-order valence-electron chi connectivity index (χ3n) is 6.00. The Kier molecular flexibility index (Phi) is 5.32. The smallest absolute Gasteiger partial charge is 0.331 e. The fourth-order valence-electron chi connectivity index (χ4n) is 4.79. The minimum Gasteiger partial charge on any atom is -0.490 e. The number of nitrogens with one attached hydrogen (secondary N) is 1. The van der Waals surface area contributed by atoms with Crippen LogP contribution in [0.3, 0.4) is 0 Å². The molecule has 3 fully saturated rings. The van der Waals surface area contributed by atoms with Crippen molar-refractivity contribution in [3.63, 3.8) is 0 Å². The van der Waals surface area contributed by atoms with Crippen molar-refractivity contribution < 1.29 is 28.7 Å². The third kappa shape index (κ3) is 3.69. The van der Waals surface area contributed by atoms with Gasteiger partial charge >= 0.3 is 12.0 Å². The van der Waals surface area contributed by atoms with Crippen molar-refractivity contribution in [1.29, 1.82) is 0 Å². The molecule has 4 rings (SSSR count). The SMILES string of the molecule is CCOc1cc(/C=C2/C(=O)NC(=O)N([C@@H]3C[C@H]4CC[C@H]3C4)C2=O)ccc1OC(C)=O. The maximum absolute atomic E-state index is 13.1. The van der Waals surface area contributed by atoms with E-state index in [1.807, 2.05) is 0 Å². The molecule has 3 aliphatic rings. The molecule has 3 atom stereocenters. The van der Waals surface area contributed by atoms with Gasteiger partial charge in [-0.05, 0) is 61.8 Å². The lowest BCUT2D eigenvalue weighted by Gasteiger charge is -2.35. The molecule has 1 aliphatic heterocycles. The molecule has 2 aliphatic carbocycles. The monoisotopic (exact) mass is 412 g/mol. The van der Waals surface area contributed by atoms with Gasteiger partial charge < -0.3 is 9.47 Å². The van der Waals surface area contributed by atoms with Gasteiger partial charge in [-0.15, -0.1) is 0 Å². The summed E-state index contributed by atoms with van der Waals surface area (Å²) >= 11 is 0. The molecule has 30 heavy (non-hydrogen) atoms. The van der Waals surface area contributed by atoms with Crippen LogP contribution in [0.2, 0.25) is 0 Å². The molecular weight excluding hydrogens is 388 g/mol. The minimum absolute atomic E-state index is 0.0972. The molecule has 0 radical (unpaired) electrons. The fraction of sp³-hybridized carbons (Fsp3) is 0.455. The number of hydrogen-bond donors (Lipinski definition) is 1. The van der Waals surface area contributed by atoms with E-state index in [4.69, 9.17) is 9.47 Å². The van der Waals surface area contributed by atoms with Crippen LogP contribution in [-0.4, -0.2) is 41.4 Å². The Morgan fingerprint density at radius 1 is 1.20 bits per heavy atom. The Morgan fingerprint density at radius 3 is 2.63 bits per heavy atom. The van der Waals surface area contributed by atoms with Gasteiger partial charge in [-0.3, -0.25) is 24.6 Å². The Hall–Kier alpha value is -3.16. The summed E-state index contributed by atoms with van der Waals surface area (Å²) in [6.07, 6.45) is 5.42. The van der Waals surface area contributed by atoms with E-state index >= 15 is 0 Å². The van der Waals surface area contributed by atoms with Gasteiger partial charge in [0.1, 0.15) is 5.57 Å². The molecule has 1 saturated heterocycles. The van der Waals surface area contributed by atoms with Crippen molar-refractivity contribution in [1.82, 2.24) is 10.2 Å². The summed E-state index contributed by atoms with van der Waals surface area (Å²) < 4.78 is 10.6. The van der Waals surface area contributed by atoms with Gasteiger partial charge in [0.05, 0.1) is 6.61 Å². The molecule has 0 unspecified atom stereocenters. The molecule has 2 bridgehead atoms. The van der Waals surface area contributed by atoms with Gasteiger partial charge in [-0.1, -0.05) is 12.5 Å². The van der Waals surface area contributed by atoms with Gasteiger partial charge in [-0.2, -0.15) is 0 Å². The normalized spacial score (nSPS) is 26.9. The van der Waals surface area contributed by atoms with Gasteiger partial charge in [0, 0.05) is 13.0 Å². The summed E-state index contributed by atoms with van der Waals surface area (Å²) in [5.74, 6) is -0.324. The van der Waals surface area contributed by atoms with Crippen LogP contribution in [-0.2, 0) is 14.4 Å². The molecule has 0 aromatic heterocycles. The second-order valence-corrected chi connectivity index (χ2v) is 7.97. The zero-order chi connectivity index (χ0) is 21.4. The molecule has 4 amide bonds. The van der Waals surface area contributed by atoms with Crippen molar-refractivity contribution >= 4 is 29.9 Å². The largest absolute Gasteiger partial charge is 0.490 e. The Morgan fingerprint density at radius 2 is 2.00 bits per heavy atom. The van der Waals surface area contributed by atoms with Crippen molar-refractivity contribution in [2.75, 3.05) is 6.61 Å². The number of ether oxygens (including phenoxy) is 2. The summed E-state index contributed by atoms with van der Waals surface area (Å²) in [6.45, 7) is 3.43. The van der Waals surface area contributed by atoms with Crippen LogP contribution in [0.4, 0.5) is 4.79 Å². The first kappa shape index (κ1) is 20.1. The first-order valence-corrected chi connectivity index (χ1v) is 10.2. The number of benzene rings is 1. The highest BCUT2D eigenvalue weighted by atomic mass is 16.6. The average Bonchev–Trinajstić information content (AvgIpc) is 3.30. The first-order valence-electron chi connectivity index (χ1n) is 10.2. The van der Waals surface area contributed by atoms with Crippen LogP contribution in [0.5, 0.6) is 11.5 Å². The summed E-state index contributed by atoms with van der Waals surface area (Å²) in [4.78, 5) is 50.5. The standard InChI is InChI=1S/C22H24N2O6/c1-3-29-19-11-14(5-7-18(19)30-12(2)25)9-16-20(26)23-22(28)24(21(16)27)17-10-13-4-6-15(17)8-13/h5,7,9,11,13,15,17H,3-4,6,8,10H2,1-2H3,(H,23,26,28)/b16-9-/t13-,15-,17+/m0/s1. The average molecular weight is 412 g/mol. The van der Waals surface area contributed by atoms with E-state index in [2.05, 4.69) is 5.32 Å². The molecule has 1 aromatic rings. The van der Waals surface area contributed by atoms with E-state index in [-0.39, 0.29) is 17.4 Å². The minimum atomic E-state index is -0.716. The van der Waals surface area contributed by atoms with Crippen molar-refractivity contribution in [3.05, 3.63) is 29.3 Å². The van der Waals surface area contributed by atoms with Gasteiger partial charge in [0.2, 0.25) is 0 Å². The number of barbiturate groups is 1. The van der Waals surface area contributed by atoms with E-state index in [0.717, 1.165) is 25.7 Å². The van der Waals surface area contributed by atoms with Crippen LogP contribution < -0.4 is 14.8 Å². The lowest BCUT2D eigenvalue weighted by atomic mass is 9.93. The number of hydrogen-bond acceptors (Lipinski definition) is 6. The summed E-state index contributed by atoms with van der Waals surface area (Å²) in [6, 6.07) is 3.96. The number of carbonyl (C=O) groups excluding carboxylic acids is 4. The molecule has 1 aromatic carbocycles. The quantitative estimate of drug-likeness (QED) is 0.345. The number of fused-ring (bicyclic) bond motifs is 2. The van der Waals surface area contributed by atoms with Crippen LogP contribution >= 0.6 is 0 Å². The molecule has 8 heteroatoms. The highest BCUT2D eigenvalue weighted by molar-refractivity contribution is 6.31. The number of amides is 4. The number of rotatable bonds is 5. The molecule has 2 saturated carbocycles.